The van der Waals surface area contributed by atoms with Crippen LogP contribution >= 0.6 is 11.6 Å². The van der Waals surface area contributed by atoms with E-state index in [1.807, 2.05) is 6.92 Å². The maximum Gasteiger partial charge on any atom is 0.272 e. The van der Waals surface area contributed by atoms with E-state index in [4.69, 9.17) is 21.1 Å². The summed E-state index contributed by atoms with van der Waals surface area (Å²) in [5.74, 6) is 0.609. The SMILES string of the molecule is CCOc1cc(/C=N\NC(=O)c2ccccc2Cl)ccc1OCc1ccc([N+](=O)[O-])cc1. The van der Waals surface area contributed by atoms with Crippen LogP contribution in [-0.2, 0) is 6.61 Å². The molecular weight excluding hydrogens is 434 g/mol. The summed E-state index contributed by atoms with van der Waals surface area (Å²) in [4.78, 5) is 22.5. The van der Waals surface area contributed by atoms with Crippen LogP contribution in [0.25, 0.3) is 0 Å². The molecule has 3 aromatic carbocycles. The Morgan fingerprint density at radius 2 is 1.84 bits per heavy atom. The molecule has 0 bridgehead atoms. The first-order valence-corrected chi connectivity index (χ1v) is 10.1. The van der Waals surface area contributed by atoms with Gasteiger partial charge in [-0.25, -0.2) is 5.43 Å². The zero-order valence-electron chi connectivity index (χ0n) is 17.2. The van der Waals surface area contributed by atoms with Gasteiger partial charge in [0.15, 0.2) is 11.5 Å². The Bertz CT molecular complexity index is 1130. The quantitative estimate of drug-likeness (QED) is 0.279. The minimum absolute atomic E-state index is 0.0222. The fourth-order valence-electron chi connectivity index (χ4n) is 2.74. The molecule has 164 valence electrons. The lowest BCUT2D eigenvalue weighted by Gasteiger charge is -2.12. The van der Waals surface area contributed by atoms with Gasteiger partial charge >= 0.3 is 0 Å². The number of rotatable bonds is 9. The highest BCUT2D eigenvalue weighted by atomic mass is 35.5. The number of nitro groups is 1. The van der Waals surface area contributed by atoms with Gasteiger partial charge in [-0.15, -0.1) is 0 Å². The fourth-order valence-corrected chi connectivity index (χ4v) is 2.96. The first kappa shape index (κ1) is 22.8. The zero-order chi connectivity index (χ0) is 22.9. The van der Waals surface area contributed by atoms with E-state index < -0.39 is 10.8 Å². The smallest absolute Gasteiger partial charge is 0.272 e. The average molecular weight is 454 g/mol. The molecule has 0 spiro atoms. The molecule has 0 aliphatic heterocycles. The molecule has 0 aliphatic rings. The molecule has 0 saturated heterocycles. The average Bonchev–Trinajstić information content (AvgIpc) is 2.79. The lowest BCUT2D eigenvalue weighted by atomic mass is 10.2. The molecule has 0 saturated carbocycles. The van der Waals surface area contributed by atoms with Gasteiger partial charge in [0.25, 0.3) is 11.6 Å². The highest BCUT2D eigenvalue weighted by Gasteiger charge is 2.10. The summed E-state index contributed by atoms with van der Waals surface area (Å²) in [7, 11) is 0. The normalized spacial score (nSPS) is 10.7. The van der Waals surface area contributed by atoms with E-state index in [9.17, 15) is 14.9 Å². The number of hydrazone groups is 1. The number of nitro benzene ring substituents is 1. The van der Waals surface area contributed by atoms with E-state index in [-0.39, 0.29) is 12.3 Å². The number of hydrogen-bond acceptors (Lipinski definition) is 6. The van der Waals surface area contributed by atoms with Crippen molar-refractivity contribution >= 4 is 29.4 Å². The number of halogens is 1. The molecule has 1 N–H and O–H groups in total. The van der Waals surface area contributed by atoms with Crippen molar-refractivity contribution in [3.63, 3.8) is 0 Å². The van der Waals surface area contributed by atoms with E-state index in [2.05, 4.69) is 10.5 Å². The molecule has 0 aromatic heterocycles. The summed E-state index contributed by atoms with van der Waals surface area (Å²) in [5.41, 5.74) is 4.27. The van der Waals surface area contributed by atoms with E-state index in [0.29, 0.717) is 34.3 Å². The summed E-state index contributed by atoms with van der Waals surface area (Å²) in [5, 5.41) is 15.1. The third-order valence-electron chi connectivity index (χ3n) is 4.31. The van der Waals surface area contributed by atoms with Crippen molar-refractivity contribution in [1.82, 2.24) is 5.43 Å². The number of hydrogen-bond donors (Lipinski definition) is 1. The Kier molecular flexibility index (Phi) is 7.77. The monoisotopic (exact) mass is 453 g/mol. The van der Waals surface area contributed by atoms with Gasteiger partial charge in [-0.2, -0.15) is 5.10 Å². The molecule has 3 aromatic rings. The number of nitrogens with one attached hydrogen (secondary N) is 1. The second-order valence-electron chi connectivity index (χ2n) is 6.53. The maximum atomic E-state index is 12.2. The standard InChI is InChI=1S/C23H20ClN3O5/c1-2-31-22-13-17(14-25-26-23(28)19-5-3-4-6-20(19)24)9-12-21(22)32-15-16-7-10-18(11-8-16)27(29)30/h3-14H,2,15H2,1H3,(H,26,28)/b25-14-. The zero-order valence-corrected chi connectivity index (χ0v) is 17.9. The van der Waals surface area contributed by atoms with Crippen molar-refractivity contribution in [3.8, 4) is 11.5 Å². The Morgan fingerprint density at radius 1 is 1.09 bits per heavy atom. The van der Waals surface area contributed by atoms with Crippen LogP contribution in [0, 0.1) is 10.1 Å². The fraction of sp³-hybridized carbons (Fsp3) is 0.130. The number of benzene rings is 3. The first-order valence-electron chi connectivity index (χ1n) is 9.69. The van der Waals surface area contributed by atoms with Crippen molar-refractivity contribution in [2.45, 2.75) is 13.5 Å². The van der Waals surface area contributed by atoms with Crippen LogP contribution < -0.4 is 14.9 Å². The largest absolute Gasteiger partial charge is 0.490 e. The van der Waals surface area contributed by atoms with E-state index in [1.165, 1.54) is 18.3 Å². The third-order valence-corrected chi connectivity index (χ3v) is 4.64. The molecule has 1 amide bonds. The summed E-state index contributed by atoms with van der Waals surface area (Å²) in [6.45, 7) is 2.50. The molecule has 0 aliphatic carbocycles. The van der Waals surface area contributed by atoms with Crippen molar-refractivity contribution in [2.24, 2.45) is 5.10 Å². The first-order chi connectivity index (χ1) is 15.5. The van der Waals surface area contributed by atoms with Gasteiger partial charge in [-0.1, -0.05) is 23.7 Å². The lowest BCUT2D eigenvalue weighted by Crippen LogP contribution is -2.17. The van der Waals surface area contributed by atoms with Crippen LogP contribution in [0.3, 0.4) is 0 Å². The van der Waals surface area contributed by atoms with Gasteiger partial charge in [-0.3, -0.25) is 14.9 Å². The number of amides is 1. The number of carbonyl (C=O) groups is 1. The number of nitrogens with zero attached hydrogens (tertiary/aromatic N) is 2. The van der Waals surface area contributed by atoms with Crippen molar-refractivity contribution < 1.29 is 19.2 Å². The minimum atomic E-state index is -0.449. The molecule has 8 nitrogen and oxygen atoms in total. The van der Waals surface area contributed by atoms with Crippen molar-refractivity contribution in [1.29, 1.82) is 0 Å². The summed E-state index contributed by atoms with van der Waals surface area (Å²) in [6, 6.07) is 18.1. The summed E-state index contributed by atoms with van der Waals surface area (Å²) >= 11 is 6.01. The van der Waals surface area contributed by atoms with Gasteiger partial charge in [0.2, 0.25) is 0 Å². The molecular formula is C23H20ClN3O5. The van der Waals surface area contributed by atoms with Gasteiger partial charge in [0, 0.05) is 12.1 Å². The molecule has 0 atom stereocenters. The topological polar surface area (TPSA) is 103 Å². The Hall–Kier alpha value is -3.91. The highest BCUT2D eigenvalue weighted by molar-refractivity contribution is 6.33. The van der Waals surface area contributed by atoms with Crippen LogP contribution in [0.4, 0.5) is 5.69 Å². The molecule has 0 unspecified atom stereocenters. The number of carbonyl (C=O) groups excluding carboxylic acids is 1. The Labute approximate surface area is 189 Å². The third kappa shape index (κ3) is 6.05. The van der Waals surface area contributed by atoms with Crippen LogP contribution in [0.5, 0.6) is 11.5 Å². The molecule has 9 heteroatoms. The summed E-state index contributed by atoms with van der Waals surface area (Å²) in [6.07, 6.45) is 1.48. The van der Waals surface area contributed by atoms with E-state index in [0.717, 1.165) is 5.56 Å². The molecule has 0 heterocycles. The number of non-ortho nitro benzene ring substituents is 1. The lowest BCUT2D eigenvalue weighted by molar-refractivity contribution is -0.384. The van der Waals surface area contributed by atoms with Crippen LogP contribution in [0.2, 0.25) is 5.02 Å². The second-order valence-corrected chi connectivity index (χ2v) is 6.94. The van der Waals surface area contributed by atoms with Crippen LogP contribution in [0.15, 0.2) is 71.8 Å². The van der Waals surface area contributed by atoms with Crippen molar-refractivity contribution in [3.05, 3.63) is 98.6 Å². The molecule has 0 fully saturated rings. The van der Waals surface area contributed by atoms with E-state index in [1.54, 1.807) is 54.6 Å². The van der Waals surface area contributed by atoms with Crippen molar-refractivity contribution in [2.75, 3.05) is 6.61 Å². The van der Waals surface area contributed by atoms with E-state index >= 15 is 0 Å². The predicted octanol–water partition coefficient (Wildman–Crippen LogP) is 4.99. The van der Waals surface area contributed by atoms with Gasteiger partial charge in [0.05, 0.1) is 28.3 Å². The highest BCUT2D eigenvalue weighted by Crippen LogP contribution is 2.29. The van der Waals surface area contributed by atoms with Crippen LogP contribution in [-0.4, -0.2) is 23.7 Å². The minimum Gasteiger partial charge on any atom is -0.490 e. The number of ether oxygens (including phenoxy) is 2. The molecule has 0 radical (unpaired) electrons. The maximum absolute atomic E-state index is 12.2. The van der Waals surface area contributed by atoms with Crippen LogP contribution in [0.1, 0.15) is 28.4 Å². The summed E-state index contributed by atoms with van der Waals surface area (Å²) < 4.78 is 11.5. The Balaban J connectivity index is 1.65. The van der Waals surface area contributed by atoms with Gasteiger partial charge in [-0.05, 0) is 60.5 Å². The molecule has 32 heavy (non-hydrogen) atoms. The molecule has 3 rings (SSSR count). The predicted molar refractivity (Wildman–Crippen MR) is 122 cm³/mol. The van der Waals surface area contributed by atoms with Gasteiger partial charge < -0.3 is 9.47 Å². The second kappa shape index (κ2) is 10.9. The van der Waals surface area contributed by atoms with Gasteiger partial charge in [0.1, 0.15) is 6.61 Å². The Morgan fingerprint density at radius 3 is 2.53 bits per heavy atom.